The van der Waals surface area contributed by atoms with E-state index in [1.807, 2.05) is 25.5 Å². The Morgan fingerprint density at radius 3 is 2.74 bits per heavy atom. The summed E-state index contributed by atoms with van der Waals surface area (Å²) < 4.78 is 25.4. The number of fused-ring (bicyclic) bond motifs is 1. The van der Waals surface area contributed by atoms with Crippen LogP contribution in [-0.2, 0) is 16.4 Å². The predicted octanol–water partition coefficient (Wildman–Crippen LogP) is 2.49. The first-order valence-corrected chi connectivity index (χ1v) is 11.6. The Hall–Kier alpha value is -1.90. The van der Waals surface area contributed by atoms with E-state index in [4.69, 9.17) is 0 Å². The minimum absolute atomic E-state index is 0.110. The molecule has 146 valence electrons. The average Bonchev–Trinajstić information content (AvgIpc) is 3.14. The molecule has 0 fully saturated rings. The molecule has 1 aliphatic rings. The fraction of sp³-hybridized carbons (Fsp3) is 0.421. The standard InChI is InChI=1S/C19H25N3O3S2/c1-21(2)18(16-8-10-26-13-16)12-20-19(23)15-6-7-17-14(11-15)5-4-9-22(17)27(3,24)25/h6-8,10-11,13,18H,4-5,9,12H2,1-3H3,(H,20,23)/t18-/m1/s1. The molecule has 0 saturated carbocycles. The highest BCUT2D eigenvalue weighted by Crippen LogP contribution is 2.30. The number of benzene rings is 1. The van der Waals surface area contributed by atoms with Crippen LogP contribution in [0.2, 0.25) is 0 Å². The highest BCUT2D eigenvalue weighted by atomic mass is 32.2. The number of carbonyl (C=O) groups excluding carboxylic acids is 1. The van der Waals surface area contributed by atoms with Crippen molar-refractivity contribution in [3.63, 3.8) is 0 Å². The van der Waals surface area contributed by atoms with Crippen LogP contribution >= 0.6 is 11.3 Å². The topological polar surface area (TPSA) is 69.7 Å². The van der Waals surface area contributed by atoms with Crippen molar-refractivity contribution in [2.45, 2.75) is 18.9 Å². The van der Waals surface area contributed by atoms with Crippen LogP contribution < -0.4 is 9.62 Å². The zero-order valence-corrected chi connectivity index (χ0v) is 17.4. The van der Waals surface area contributed by atoms with Crippen molar-refractivity contribution in [1.29, 1.82) is 0 Å². The lowest BCUT2D eigenvalue weighted by atomic mass is 10.0. The quantitative estimate of drug-likeness (QED) is 0.799. The molecule has 1 aromatic carbocycles. The number of thiophene rings is 1. The van der Waals surface area contributed by atoms with E-state index < -0.39 is 10.0 Å². The first-order chi connectivity index (χ1) is 12.8. The van der Waals surface area contributed by atoms with E-state index in [9.17, 15) is 13.2 Å². The number of rotatable bonds is 6. The summed E-state index contributed by atoms with van der Waals surface area (Å²) in [5.41, 5.74) is 3.33. The Morgan fingerprint density at radius 1 is 1.33 bits per heavy atom. The van der Waals surface area contributed by atoms with Gasteiger partial charge in [0.1, 0.15) is 0 Å². The summed E-state index contributed by atoms with van der Waals surface area (Å²) in [6.07, 6.45) is 2.75. The molecule has 0 radical (unpaired) electrons. The molecule has 1 N–H and O–H groups in total. The van der Waals surface area contributed by atoms with Gasteiger partial charge in [-0.15, -0.1) is 0 Å². The number of sulfonamides is 1. The number of hydrogen-bond donors (Lipinski definition) is 1. The molecule has 2 heterocycles. The summed E-state index contributed by atoms with van der Waals surface area (Å²) in [6, 6.07) is 7.44. The molecule has 0 aliphatic carbocycles. The molecule has 0 spiro atoms. The van der Waals surface area contributed by atoms with Crippen LogP contribution in [0.3, 0.4) is 0 Å². The van der Waals surface area contributed by atoms with Gasteiger partial charge in [0, 0.05) is 18.7 Å². The molecule has 0 unspecified atom stereocenters. The molecular weight excluding hydrogens is 382 g/mol. The number of carbonyl (C=O) groups is 1. The van der Waals surface area contributed by atoms with Gasteiger partial charge in [0.05, 0.1) is 18.0 Å². The number of aryl methyl sites for hydroxylation is 1. The summed E-state index contributed by atoms with van der Waals surface area (Å²) in [7, 11) is 0.686. The van der Waals surface area contributed by atoms with Crippen molar-refractivity contribution < 1.29 is 13.2 Å². The molecular formula is C19H25N3O3S2. The van der Waals surface area contributed by atoms with Gasteiger partial charge in [0.2, 0.25) is 10.0 Å². The van der Waals surface area contributed by atoms with Crippen molar-refractivity contribution >= 4 is 33.0 Å². The molecule has 8 heteroatoms. The highest BCUT2D eigenvalue weighted by molar-refractivity contribution is 7.92. The van der Waals surface area contributed by atoms with E-state index in [0.29, 0.717) is 24.3 Å². The lowest BCUT2D eigenvalue weighted by molar-refractivity contribution is 0.0942. The number of nitrogens with zero attached hydrogens (tertiary/aromatic N) is 2. The van der Waals surface area contributed by atoms with Gasteiger partial charge >= 0.3 is 0 Å². The third kappa shape index (κ3) is 4.51. The molecule has 0 bridgehead atoms. The number of nitrogens with one attached hydrogen (secondary N) is 1. The molecule has 27 heavy (non-hydrogen) atoms. The van der Waals surface area contributed by atoms with E-state index in [1.165, 1.54) is 16.1 Å². The van der Waals surface area contributed by atoms with Crippen LogP contribution in [0.5, 0.6) is 0 Å². The minimum Gasteiger partial charge on any atom is -0.350 e. The van der Waals surface area contributed by atoms with Gasteiger partial charge in [0.15, 0.2) is 0 Å². The van der Waals surface area contributed by atoms with Crippen LogP contribution in [-0.4, -0.2) is 52.7 Å². The van der Waals surface area contributed by atoms with Crippen LogP contribution in [0.15, 0.2) is 35.0 Å². The second-order valence-electron chi connectivity index (χ2n) is 7.03. The summed E-state index contributed by atoms with van der Waals surface area (Å²) >= 11 is 1.64. The summed E-state index contributed by atoms with van der Waals surface area (Å²) in [5.74, 6) is -0.142. The molecule has 6 nitrogen and oxygen atoms in total. The third-order valence-corrected chi connectivity index (χ3v) is 6.71. The lowest BCUT2D eigenvalue weighted by Crippen LogP contribution is -2.35. The Morgan fingerprint density at radius 2 is 2.11 bits per heavy atom. The molecule has 1 aromatic heterocycles. The number of hydrogen-bond acceptors (Lipinski definition) is 5. The van der Waals surface area contributed by atoms with Gasteiger partial charge < -0.3 is 10.2 Å². The van der Waals surface area contributed by atoms with Crippen molar-refractivity contribution in [3.8, 4) is 0 Å². The monoisotopic (exact) mass is 407 g/mol. The van der Waals surface area contributed by atoms with Gasteiger partial charge in [0.25, 0.3) is 5.91 Å². The lowest BCUT2D eigenvalue weighted by Gasteiger charge is -2.29. The molecule has 0 saturated heterocycles. The maximum atomic E-state index is 12.6. The summed E-state index contributed by atoms with van der Waals surface area (Å²) in [4.78, 5) is 14.7. The fourth-order valence-electron chi connectivity index (χ4n) is 3.40. The van der Waals surface area contributed by atoms with Crippen LogP contribution in [0.4, 0.5) is 5.69 Å². The predicted molar refractivity (Wildman–Crippen MR) is 110 cm³/mol. The normalized spacial score (nSPS) is 15.5. The molecule has 1 aliphatic heterocycles. The van der Waals surface area contributed by atoms with Crippen LogP contribution in [0.25, 0.3) is 0 Å². The first kappa shape index (κ1) is 19.9. The summed E-state index contributed by atoms with van der Waals surface area (Å²) in [6.45, 7) is 0.998. The summed E-state index contributed by atoms with van der Waals surface area (Å²) in [5, 5.41) is 7.13. The van der Waals surface area contributed by atoms with Gasteiger partial charge in [-0.25, -0.2) is 8.42 Å². The number of likely N-dealkylation sites (N-methyl/N-ethyl adjacent to an activating group) is 1. The van der Waals surface area contributed by atoms with E-state index in [1.54, 1.807) is 23.5 Å². The Kier molecular flexibility index (Phi) is 5.88. The average molecular weight is 408 g/mol. The maximum absolute atomic E-state index is 12.6. The van der Waals surface area contributed by atoms with Crippen molar-refractivity contribution in [1.82, 2.24) is 10.2 Å². The highest BCUT2D eigenvalue weighted by Gasteiger charge is 2.25. The van der Waals surface area contributed by atoms with E-state index >= 15 is 0 Å². The van der Waals surface area contributed by atoms with Crippen molar-refractivity contribution in [2.75, 3.05) is 37.7 Å². The zero-order valence-electron chi connectivity index (χ0n) is 15.8. The van der Waals surface area contributed by atoms with Gasteiger partial charge in [-0.1, -0.05) is 0 Å². The fourth-order valence-corrected chi connectivity index (χ4v) is 5.11. The first-order valence-electron chi connectivity index (χ1n) is 8.84. The Labute approximate surface area is 164 Å². The molecule has 3 rings (SSSR count). The van der Waals surface area contributed by atoms with Gasteiger partial charge in [-0.05, 0) is 73.1 Å². The second-order valence-corrected chi connectivity index (χ2v) is 9.72. The van der Waals surface area contributed by atoms with Gasteiger partial charge in [-0.3, -0.25) is 9.10 Å². The zero-order chi connectivity index (χ0) is 19.6. The van der Waals surface area contributed by atoms with E-state index in [0.717, 1.165) is 18.4 Å². The molecule has 2 aromatic rings. The van der Waals surface area contributed by atoms with Crippen LogP contribution in [0, 0.1) is 0 Å². The second kappa shape index (κ2) is 8.00. The third-order valence-electron chi connectivity index (χ3n) is 4.83. The van der Waals surface area contributed by atoms with Crippen molar-refractivity contribution in [3.05, 3.63) is 51.7 Å². The van der Waals surface area contributed by atoms with E-state index in [2.05, 4.69) is 21.7 Å². The molecule has 1 amide bonds. The molecule has 1 atom stereocenters. The maximum Gasteiger partial charge on any atom is 0.251 e. The largest absolute Gasteiger partial charge is 0.350 e. The smallest absolute Gasteiger partial charge is 0.251 e. The minimum atomic E-state index is -3.30. The van der Waals surface area contributed by atoms with E-state index in [-0.39, 0.29) is 11.9 Å². The van der Waals surface area contributed by atoms with Crippen molar-refractivity contribution in [2.24, 2.45) is 0 Å². The Bertz CT molecular complexity index is 908. The van der Waals surface area contributed by atoms with Gasteiger partial charge in [-0.2, -0.15) is 11.3 Å². The number of anilines is 1. The van der Waals surface area contributed by atoms with Crippen LogP contribution in [0.1, 0.15) is 33.9 Å². The SMILES string of the molecule is CN(C)[C@H](CNC(=O)c1ccc2c(c1)CCCN2S(C)(=O)=O)c1ccsc1. The Balaban J connectivity index is 1.74. The number of amides is 1.